The van der Waals surface area contributed by atoms with Gasteiger partial charge in [-0.3, -0.25) is 4.79 Å². The van der Waals surface area contributed by atoms with E-state index in [1.165, 1.54) is 11.8 Å². The maximum Gasteiger partial charge on any atom is 0.224 e. The second-order valence-corrected chi connectivity index (χ2v) is 5.28. The number of amides is 1. The van der Waals surface area contributed by atoms with Crippen molar-refractivity contribution in [1.29, 1.82) is 5.26 Å². The molecule has 1 aromatic heterocycles. The fourth-order valence-electron chi connectivity index (χ4n) is 1.61. The molecule has 0 fully saturated rings. The average molecular weight is 298 g/mol. The Labute approximate surface area is 127 Å². The molecule has 1 amide bonds. The first-order valence-electron chi connectivity index (χ1n) is 6.48. The molecule has 0 radical (unpaired) electrons. The molecule has 6 heteroatoms. The molecule has 0 unspecified atom stereocenters. The number of nitriles is 1. The Morgan fingerprint density at radius 3 is 2.62 bits per heavy atom. The number of carbonyl (C=O) groups excluding carboxylic acids is 1. The Morgan fingerprint density at radius 1 is 1.24 bits per heavy atom. The van der Waals surface area contributed by atoms with Gasteiger partial charge >= 0.3 is 0 Å². The Hall–Kier alpha value is -2.39. The minimum absolute atomic E-state index is 0.0331. The number of nitrogens with one attached hydrogen (secondary N) is 1. The Bertz CT molecular complexity index is 622. The van der Waals surface area contributed by atoms with Crippen LogP contribution in [-0.4, -0.2) is 21.6 Å². The summed E-state index contributed by atoms with van der Waals surface area (Å²) in [5.74, 6) is 0.763. The summed E-state index contributed by atoms with van der Waals surface area (Å²) < 4.78 is 0. The molecule has 1 N–H and O–H groups in total. The van der Waals surface area contributed by atoms with Crippen LogP contribution in [-0.2, 0) is 4.79 Å². The van der Waals surface area contributed by atoms with Gasteiger partial charge in [0.1, 0.15) is 0 Å². The molecule has 0 bridgehead atoms. The number of aromatic nitrogens is 2. The number of benzene rings is 1. The van der Waals surface area contributed by atoms with Crippen molar-refractivity contribution in [3.8, 4) is 6.07 Å². The summed E-state index contributed by atoms with van der Waals surface area (Å²) in [6.07, 6.45) is 4.60. The van der Waals surface area contributed by atoms with E-state index in [1.54, 1.807) is 42.7 Å². The van der Waals surface area contributed by atoms with Gasteiger partial charge in [-0.1, -0.05) is 11.8 Å². The van der Waals surface area contributed by atoms with Gasteiger partial charge in [0.05, 0.1) is 11.6 Å². The first-order valence-corrected chi connectivity index (χ1v) is 7.46. The normalized spacial score (nSPS) is 9.86. The van der Waals surface area contributed by atoms with Crippen molar-refractivity contribution in [1.82, 2.24) is 9.97 Å². The smallest absolute Gasteiger partial charge is 0.224 e. The Balaban J connectivity index is 1.69. The van der Waals surface area contributed by atoms with Crippen LogP contribution >= 0.6 is 11.8 Å². The lowest BCUT2D eigenvalue weighted by Gasteiger charge is -2.05. The number of thioether (sulfide) groups is 1. The number of anilines is 1. The monoisotopic (exact) mass is 298 g/mol. The first-order chi connectivity index (χ1) is 10.3. The predicted molar refractivity (Wildman–Crippen MR) is 81.8 cm³/mol. The summed E-state index contributed by atoms with van der Waals surface area (Å²) in [4.78, 5) is 20.0. The SMILES string of the molecule is N#Cc1ccc(NC(=O)CCCSc2ncccn2)cc1. The number of nitrogens with zero attached hydrogens (tertiary/aromatic N) is 3. The van der Waals surface area contributed by atoms with Gasteiger partial charge in [-0.15, -0.1) is 0 Å². The zero-order valence-electron chi connectivity index (χ0n) is 11.3. The van der Waals surface area contributed by atoms with Crippen molar-refractivity contribution < 1.29 is 4.79 Å². The molecule has 0 spiro atoms. The molecule has 106 valence electrons. The number of rotatable bonds is 6. The molecule has 0 aliphatic heterocycles. The van der Waals surface area contributed by atoms with Gasteiger partial charge < -0.3 is 5.32 Å². The molecule has 5 nitrogen and oxygen atoms in total. The van der Waals surface area contributed by atoms with Crippen molar-refractivity contribution in [3.05, 3.63) is 48.3 Å². The quantitative estimate of drug-likeness (QED) is 0.504. The molecule has 0 aliphatic rings. The maximum atomic E-state index is 11.8. The van der Waals surface area contributed by atoms with Crippen LogP contribution in [0.3, 0.4) is 0 Å². The highest BCUT2D eigenvalue weighted by atomic mass is 32.2. The topological polar surface area (TPSA) is 78.7 Å². The summed E-state index contributed by atoms with van der Waals surface area (Å²) >= 11 is 1.54. The van der Waals surface area contributed by atoms with Crippen LogP contribution in [0, 0.1) is 11.3 Å². The molecule has 1 heterocycles. The summed E-state index contributed by atoms with van der Waals surface area (Å²) in [5, 5.41) is 12.2. The van der Waals surface area contributed by atoms with E-state index in [2.05, 4.69) is 15.3 Å². The lowest BCUT2D eigenvalue weighted by atomic mass is 10.2. The second kappa shape index (κ2) is 8.02. The molecule has 0 saturated carbocycles. The van der Waals surface area contributed by atoms with Crippen LogP contribution in [0.25, 0.3) is 0 Å². The van der Waals surface area contributed by atoms with Crippen LogP contribution in [0.2, 0.25) is 0 Å². The van der Waals surface area contributed by atoms with E-state index in [1.807, 2.05) is 6.07 Å². The first kappa shape index (κ1) is 15.0. The van der Waals surface area contributed by atoms with Gasteiger partial charge in [0.25, 0.3) is 0 Å². The van der Waals surface area contributed by atoms with Crippen LogP contribution < -0.4 is 5.32 Å². The van der Waals surface area contributed by atoms with Crippen LogP contribution in [0.1, 0.15) is 18.4 Å². The van der Waals surface area contributed by atoms with E-state index in [-0.39, 0.29) is 5.91 Å². The van der Waals surface area contributed by atoms with Gasteiger partial charge in [0, 0.05) is 30.3 Å². The van der Waals surface area contributed by atoms with E-state index >= 15 is 0 Å². The highest BCUT2D eigenvalue weighted by Gasteiger charge is 2.03. The summed E-state index contributed by atoms with van der Waals surface area (Å²) in [6, 6.07) is 10.6. The molecule has 0 saturated heterocycles. The lowest BCUT2D eigenvalue weighted by molar-refractivity contribution is -0.116. The molecular weight excluding hydrogens is 284 g/mol. The van der Waals surface area contributed by atoms with E-state index in [0.717, 1.165) is 17.3 Å². The van der Waals surface area contributed by atoms with Crippen molar-refractivity contribution in [2.24, 2.45) is 0 Å². The summed E-state index contributed by atoms with van der Waals surface area (Å²) in [6.45, 7) is 0. The van der Waals surface area contributed by atoms with Crippen molar-refractivity contribution >= 4 is 23.4 Å². The molecular formula is C15H14N4OS. The number of carbonyl (C=O) groups is 1. The standard InChI is InChI=1S/C15H14N4OS/c16-11-12-4-6-13(7-5-12)19-14(20)3-1-10-21-15-17-8-2-9-18-15/h2,4-9H,1,3,10H2,(H,19,20). The number of hydrogen-bond donors (Lipinski definition) is 1. The fraction of sp³-hybridized carbons (Fsp3) is 0.200. The van der Waals surface area contributed by atoms with Gasteiger partial charge in [-0.25, -0.2) is 9.97 Å². The summed E-state index contributed by atoms with van der Waals surface area (Å²) in [5.41, 5.74) is 1.28. The van der Waals surface area contributed by atoms with Gasteiger partial charge in [-0.05, 0) is 36.8 Å². The van der Waals surface area contributed by atoms with Gasteiger partial charge in [0.2, 0.25) is 5.91 Å². The lowest BCUT2D eigenvalue weighted by Crippen LogP contribution is -2.11. The van der Waals surface area contributed by atoms with Crippen LogP contribution in [0.5, 0.6) is 0 Å². The maximum absolute atomic E-state index is 11.8. The fourth-order valence-corrected chi connectivity index (χ4v) is 2.35. The Kier molecular flexibility index (Phi) is 5.73. The average Bonchev–Trinajstić information content (AvgIpc) is 2.53. The van der Waals surface area contributed by atoms with Crippen molar-refractivity contribution in [3.63, 3.8) is 0 Å². The van der Waals surface area contributed by atoms with Gasteiger partial charge in [-0.2, -0.15) is 5.26 Å². The van der Waals surface area contributed by atoms with E-state index in [4.69, 9.17) is 5.26 Å². The van der Waals surface area contributed by atoms with E-state index in [9.17, 15) is 4.79 Å². The minimum atomic E-state index is -0.0331. The molecule has 2 rings (SSSR count). The second-order valence-electron chi connectivity index (χ2n) is 4.22. The largest absolute Gasteiger partial charge is 0.326 e. The van der Waals surface area contributed by atoms with E-state index < -0.39 is 0 Å². The molecule has 2 aromatic rings. The van der Waals surface area contributed by atoms with Crippen molar-refractivity contribution in [2.45, 2.75) is 18.0 Å². The Morgan fingerprint density at radius 2 is 1.95 bits per heavy atom. The van der Waals surface area contributed by atoms with Crippen molar-refractivity contribution in [2.75, 3.05) is 11.1 Å². The number of hydrogen-bond acceptors (Lipinski definition) is 5. The highest BCUT2D eigenvalue weighted by Crippen LogP contribution is 2.14. The highest BCUT2D eigenvalue weighted by molar-refractivity contribution is 7.99. The third-order valence-corrected chi connectivity index (χ3v) is 3.58. The molecule has 1 aromatic carbocycles. The molecule has 0 aliphatic carbocycles. The summed E-state index contributed by atoms with van der Waals surface area (Å²) in [7, 11) is 0. The van der Waals surface area contributed by atoms with Gasteiger partial charge in [0.15, 0.2) is 5.16 Å². The minimum Gasteiger partial charge on any atom is -0.326 e. The van der Waals surface area contributed by atoms with E-state index in [0.29, 0.717) is 17.7 Å². The van der Waals surface area contributed by atoms with Crippen LogP contribution in [0.4, 0.5) is 5.69 Å². The zero-order valence-corrected chi connectivity index (χ0v) is 12.1. The third kappa shape index (κ3) is 5.24. The van der Waals surface area contributed by atoms with Crippen LogP contribution in [0.15, 0.2) is 47.9 Å². The molecule has 21 heavy (non-hydrogen) atoms. The predicted octanol–water partition coefficient (Wildman–Crippen LogP) is 2.86. The third-order valence-electron chi connectivity index (χ3n) is 2.62. The molecule has 0 atom stereocenters. The zero-order chi connectivity index (χ0) is 14.9.